The van der Waals surface area contributed by atoms with Crippen LogP contribution in [0.1, 0.15) is 18.4 Å². The van der Waals surface area contributed by atoms with Crippen LogP contribution in [0.4, 0.5) is 0 Å². The molecule has 2 atom stereocenters. The van der Waals surface area contributed by atoms with E-state index in [2.05, 4.69) is 0 Å². The number of nitrogens with zero attached hydrogens (tertiary/aromatic N) is 1. The van der Waals surface area contributed by atoms with Gasteiger partial charge in [-0.05, 0) is 13.0 Å². The maximum absolute atomic E-state index is 12.8. The zero-order chi connectivity index (χ0) is 20.6. The lowest BCUT2D eigenvalue weighted by molar-refractivity contribution is -0.137. The number of hydrogen-bond donors (Lipinski definition) is 1. The average Bonchev–Trinajstić information content (AvgIpc) is 3.01. The summed E-state index contributed by atoms with van der Waals surface area (Å²) in [5.74, 6) is -2.25. The Bertz CT molecular complexity index is 923. The Hall–Kier alpha value is -2.94. The van der Waals surface area contributed by atoms with E-state index in [1.165, 1.54) is 38.0 Å². The molecule has 2 aliphatic heterocycles. The zero-order valence-corrected chi connectivity index (χ0v) is 16.7. The summed E-state index contributed by atoms with van der Waals surface area (Å²) in [5.41, 5.74) is 6.92. The number of amides is 1. The third-order valence-corrected chi connectivity index (χ3v) is 5.83. The van der Waals surface area contributed by atoms with Crippen LogP contribution in [-0.2, 0) is 23.9 Å². The highest BCUT2D eigenvalue weighted by molar-refractivity contribution is 8.04. The Morgan fingerprint density at radius 1 is 1.07 bits per heavy atom. The molecule has 2 N–H and O–H groups in total. The van der Waals surface area contributed by atoms with E-state index in [1.807, 2.05) is 0 Å². The number of para-hydroxylation sites is 1. The predicted molar refractivity (Wildman–Crippen MR) is 102 cm³/mol. The largest absolute Gasteiger partial charge is 0.496 e. The highest BCUT2D eigenvalue weighted by atomic mass is 32.2. The molecule has 148 valence electrons. The zero-order valence-electron chi connectivity index (χ0n) is 15.8. The second kappa shape index (κ2) is 7.59. The number of methoxy groups -OCH3 is 3. The Kier molecular flexibility index (Phi) is 5.37. The van der Waals surface area contributed by atoms with Crippen LogP contribution in [-0.4, -0.2) is 49.3 Å². The van der Waals surface area contributed by atoms with Crippen molar-refractivity contribution in [1.29, 1.82) is 0 Å². The van der Waals surface area contributed by atoms with Crippen molar-refractivity contribution in [1.82, 2.24) is 4.90 Å². The van der Waals surface area contributed by atoms with Gasteiger partial charge < -0.3 is 19.9 Å². The minimum Gasteiger partial charge on any atom is -0.496 e. The molecule has 2 heterocycles. The molecule has 0 radical (unpaired) electrons. The van der Waals surface area contributed by atoms with Gasteiger partial charge in [-0.1, -0.05) is 30.0 Å². The van der Waals surface area contributed by atoms with E-state index in [9.17, 15) is 14.4 Å². The van der Waals surface area contributed by atoms with Gasteiger partial charge in [-0.2, -0.15) is 0 Å². The van der Waals surface area contributed by atoms with Gasteiger partial charge in [0, 0.05) is 5.56 Å². The Morgan fingerprint density at radius 3 is 2.29 bits per heavy atom. The average molecular weight is 404 g/mol. The Morgan fingerprint density at radius 2 is 1.68 bits per heavy atom. The lowest BCUT2D eigenvalue weighted by Crippen LogP contribution is -2.40. The second-order valence-corrected chi connectivity index (χ2v) is 7.44. The maximum atomic E-state index is 12.8. The van der Waals surface area contributed by atoms with Crippen molar-refractivity contribution in [3.05, 3.63) is 51.8 Å². The van der Waals surface area contributed by atoms with Crippen molar-refractivity contribution in [3.8, 4) is 5.75 Å². The molecule has 1 fully saturated rings. The highest BCUT2D eigenvalue weighted by Gasteiger charge is 2.49. The molecule has 1 aromatic rings. The highest BCUT2D eigenvalue weighted by Crippen LogP contribution is 2.51. The number of benzene rings is 1. The number of fused-ring (bicyclic) bond motifs is 1. The molecule has 2 aliphatic rings. The monoisotopic (exact) mass is 404 g/mol. The van der Waals surface area contributed by atoms with Crippen molar-refractivity contribution in [2.45, 2.75) is 18.1 Å². The van der Waals surface area contributed by atoms with Crippen LogP contribution in [0.25, 0.3) is 0 Å². The van der Waals surface area contributed by atoms with Crippen LogP contribution < -0.4 is 10.5 Å². The van der Waals surface area contributed by atoms with Gasteiger partial charge in [0.15, 0.2) is 0 Å². The first-order chi connectivity index (χ1) is 13.4. The molecule has 0 aromatic heterocycles. The summed E-state index contributed by atoms with van der Waals surface area (Å²) in [5, 5.41) is -0.117. The Balaban J connectivity index is 2.37. The summed E-state index contributed by atoms with van der Waals surface area (Å²) in [6.07, 6.45) is 0. The molecule has 0 aliphatic carbocycles. The molecular weight excluding hydrogens is 384 g/mol. The van der Waals surface area contributed by atoms with Crippen molar-refractivity contribution >= 4 is 29.6 Å². The van der Waals surface area contributed by atoms with Crippen LogP contribution in [0, 0.1) is 0 Å². The summed E-state index contributed by atoms with van der Waals surface area (Å²) in [6, 6.07) is 6.96. The second-order valence-electron chi connectivity index (χ2n) is 6.11. The summed E-state index contributed by atoms with van der Waals surface area (Å²) >= 11 is 1.19. The lowest BCUT2D eigenvalue weighted by Gasteiger charge is -2.33. The fourth-order valence-corrected chi connectivity index (χ4v) is 4.53. The molecule has 1 saturated heterocycles. The van der Waals surface area contributed by atoms with Gasteiger partial charge in [0.25, 0.3) is 0 Å². The molecular formula is C19H20N2O6S. The molecule has 1 aromatic carbocycles. The summed E-state index contributed by atoms with van der Waals surface area (Å²) in [7, 11) is 3.94. The van der Waals surface area contributed by atoms with Gasteiger partial charge in [-0.15, -0.1) is 0 Å². The van der Waals surface area contributed by atoms with Crippen molar-refractivity contribution < 1.29 is 28.6 Å². The number of thioether (sulfide) groups is 1. The summed E-state index contributed by atoms with van der Waals surface area (Å²) < 4.78 is 15.3. The van der Waals surface area contributed by atoms with Gasteiger partial charge in [0.1, 0.15) is 11.6 Å². The maximum Gasteiger partial charge on any atom is 0.338 e. The minimum absolute atomic E-state index is 0.0146. The van der Waals surface area contributed by atoms with Crippen molar-refractivity contribution in [2.24, 2.45) is 5.73 Å². The van der Waals surface area contributed by atoms with E-state index in [1.54, 1.807) is 31.2 Å². The molecule has 3 rings (SSSR count). The molecule has 9 heteroatoms. The van der Waals surface area contributed by atoms with Crippen LogP contribution in [0.15, 0.2) is 46.3 Å². The number of nitrogens with two attached hydrogens (primary N) is 1. The van der Waals surface area contributed by atoms with E-state index in [4.69, 9.17) is 19.9 Å². The number of carbonyl (C=O) groups excluding carboxylic acids is 3. The third-order valence-electron chi connectivity index (χ3n) is 4.64. The van der Waals surface area contributed by atoms with Crippen molar-refractivity contribution in [3.63, 3.8) is 0 Å². The first-order valence-electron chi connectivity index (χ1n) is 8.41. The number of ether oxygens (including phenoxy) is 3. The number of hydrogen-bond acceptors (Lipinski definition) is 8. The number of esters is 2. The third kappa shape index (κ3) is 2.91. The van der Waals surface area contributed by atoms with Crippen LogP contribution in [0.3, 0.4) is 0 Å². The predicted octanol–water partition coefficient (Wildman–Crippen LogP) is 1.48. The fourth-order valence-electron chi connectivity index (χ4n) is 3.36. The lowest BCUT2D eigenvalue weighted by atomic mass is 9.82. The molecule has 2 unspecified atom stereocenters. The molecule has 8 nitrogen and oxygen atoms in total. The number of rotatable bonds is 4. The van der Waals surface area contributed by atoms with Gasteiger partial charge in [0.2, 0.25) is 5.91 Å². The van der Waals surface area contributed by atoms with E-state index < -0.39 is 23.1 Å². The molecule has 1 amide bonds. The first-order valence-corrected chi connectivity index (χ1v) is 9.29. The topological polar surface area (TPSA) is 108 Å². The summed E-state index contributed by atoms with van der Waals surface area (Å²) in [6.45, 7) is 1.70. The first kappa shape index (κ1) is 19.8. The smallest absolute Gasteiger partial charge is 0.338 e. The van der Waals surface area contributed by atoms with Gasteiger partial charge in [-0.25, -0.2) is 9.59 Å². The van der Waals surface area contributed by atoms with E-state index >= 15 is 0 Å². The van der Waals surface area contributed by atoms with E-state index in [0.29, 0.717) is 16.3 Å². The fraction of sp³-hybridized carbons (Fsp3) is 0.316. The minimum atomic E-state index is -0.909. The molecule has 0 spiro atoms. The normalized spacial score (nSPS) is 21.6. The van der Waals surface area contributed by atoms with Gasteiger partial charge in [0.05, 0.1) is 48.7 Å². The van der Waals surface area contributed by atoms with Crippen LogP contribution in [0.2, 0.25) is 0 Å². The van der Waals surface area contributed by atoms with Gasteiger partial charge >= 0.3 is 11.9 Å². The Labute approximate surface area is 166 Å². The van der Waals surface area contributed by atoms with Crippen LogP contribution in [0.5, 0.6) is 5.75 Å². The van der Waals surface area contributed by atoms with Crippen molar-refractivity contribution in [2.75, 3.05) is 21.3 Å². The van der Waals surface area contributed by atoms with E-state index in [0.717, 1.165) is 0 Å². The van der Waals surface area contributed by atoms with Gasteiger partial charge in [-0.3, -0.25) is 9.69 Å². The molecule has 0 bridgehead atoms. The standard InChI is InChI=1S/C19H20N2O6S/c1-9-16(22)21-15(20)13(18(23)26-3)12(10-7-5-6-8-11(10)25-2)14(17(21)28-9)19(24)27-4/h5-9,12H,20H2,1-4H3. The number of carbonyl (C=O) groups is 3. The molecule has 28 heavy (non-hydrogen) atoms. The molecule has 0 saturated carbocycles. The van der Waals surface area contributed by atoms with E-state index in [-0.39, 0.29) is 22.9 Å². The van der Waals surface area contributed by atoms with Crippen LogP contribution >= 0.6 is 11.8 Å². The SMILES string of the molecule is COC(=O)C1=C(N)N2C(=O)C(C)SC2=C(C(=O)OC)C1c1ccccc1OC. The quantitative estimate of drug-likeness (QED) is 0.752. The summed E-state index contributed by atoms with van der Waals surface area (Å²) in [4.78, 5) is 39.3.